The second kappa shape index (κ2) is 11.4. The van der Waals surface area contributed by atoms with Crippen LogP contribution in [0, 0.1) is 0 Å². The average Bonchev–Trinajstić information content (AvgIpc) is 2.88. The Bertz CT molecular complexity index is 1440. The Balaban J connectivity index is 1.66. The minimum atomic E-state index is -0.629. The Morgan fingerprint density at radius 1 is 0.842 bits per heavy atom. The molecule has 0 saturated carbocycles. The predicted molar refractivity (Wildman–Crippen MR) is 140 cm³/mol. The molecule has 0 unspecified atom stereocenters. The number of methoxy groups -OCH3 is 1. The smallest absolute Gasteiger partial charge is 0.338 e. The van der Waals surface area contributed by atoms with Crippen molar-refractivity contribution in [3.8, 4) is 29.3 Å². The van der Waals surface area contributed by atoms with Gasteiger partial charge in [0, 0.05) is 11.3 Å². The van der Waals surface area contributed by atoms with E-state index in [9.17, 15) is 9.59 Å². The van der Waals surface area contributed by atoms with E-state index in [1.165, 1.54) is 13.2 Å². The van der Waals surface area contributed by atoms with E-state index >= 15 is 0 Å². The number of para-hydroxylation sites is 1. The molecule has 0 atom stereocenters. The van der Waals surface area contributed by atoms with Gasteiger partial charge in [0.15, 0.2) is 11.5 Å². The van der Waals surface area contributed by atoms with Crippen LogP contribution < -0.4 is 19.5 Å². The maximum absolute atomic E-state index is 12.5. The Hall–Kier alpha value is -4.99. The molecule has 1 heterocycles. The van der Waals surface area contributed by atoms with Gasteiger partial charge in [-0.2, -0.15) is 9.97 Å². The Morgan fingerprint density at radius 3 is 2.26 bits per heavy atom. The number of rotatable bonds is 9. The van der Waals surface area contributed by atoms with Crippen LogP contribution in [0.4, 0.5) is 11.6 Å². The number of ether oxygens (including phenoxy) is 4. The van der Waals surface area contributed by atoms with Gasteiger partial charge < -0.3 is 24.3 Å². The van der Waals surface area contributed by atoms with Gasteiger partial charge in [-0.05, 0) is 69.3 Å². The van der Waals surface area contributed by atoms with Crippen molar-refractivity contribution in [3.05, 3.63) is 83.9 Å². The summed E-state index contributed by atoms with van der Waals surface area (Å²) in [6.45, 7) is 5.40. The zero-order chi connectivity index (χ0) is 27.1. The molecule has 10 heteroatoms. The number of hydrogen-bond donors (Lipinski definition) is 1. The second-order valence-electron chi connectivity index (χ2n) is 8.98. The molecule has 0 aliphatic rings. The van der Waals surface area contributed by atoms with Crippen molar-refractivity contribution in [3.63, 3.8) is 0 Å². The van der Waals surface area contributed by atoms with Gasteiger partial charge >= 0.3 is 18.0 Å². The highest BCUT2D eigenvalue weighted by Crippen LogP contribution is 2.32. The number of esters is 1. The average molecular weight is 515 g/mol. The van der Waals surface area contributed by atoms with Crippen LogP contribution in [-0.4, -0.2) is 39.9 Å². The Morgan fingerprint density at radius 2 is 1.58 bits per heavy atom. The number of aromatic nitrogens is 3. The molecule has 38 heavy (non-hydrogen) atoms. The van der Waals surface area contributed by atoms with Crippen molar-refractivity contribution in [2.45, 2.75) is 26.4 Å². The molecule has 0 spiro atoms. The summed E-state index contributed by atoms with van der Waals surface area (Å²) in [5.74, 6) is 0.758. The third-order valence-corrected chi connectivity index (χ3v) is 4.83. The summed E-state index contributed by atoms with van der Waals surface area (Å²) < 4.78 is 22.5. The normalized spacial score (nSPS) is 10.8. The summed E-state index contributed by atoms with van der Waals surface area (Å²) in [6.07, 6.45) is 0.703. The van der Waals surface area contributed by atoms with Gasteiger partial charge in [0.2, 0.25) is 5.95 Å². The number of benzene rings is 3. The first-order chi connectivity index (χ1) is 18.2. The van der Waals surface area contributed by atoms with Gasteiger partial charge in [-0.25, -0.2) is 4.79 Å². The van der Waals surface area contributed by atoms with Crippen LogP contribution >= 0.6 is 0 Å². The molecule has 0 radical (unpaired) electrons. The molecule has 194 valence electrons. The van der Waals surface area contributed by atoms with Gasteiger partial charge in [-0.3, -0.25) is 4.79 Å². The van der Waals surface area contributed by atoms with Crippen molar-refractivity contribution in [2.24, 2.45) is 0 Å². The number of hydrogen-bond acceptors (Lipinski definition) is 10. The van der Waals surface area contributed by atoms with Crippen LogP contribution in [0.15, 0.2) is 72.8 Å². The Kier molecular flexibility index (Phi) is 7.81. The number of carbonyl (C=O) groups is 2. The summed E-state index contributed by atoms with van der Waals surface area (Å²) >= 11 is 0. The van der Waals surface area contributed by atoms with Crippen molar-refractivity contribution in [1.29, 1.82) is 0 Å². The maximum Gasteiger partial charge on any atom is 0.338 e. The summed E-state index contributed by atoms with van der Waals surface area (Å²) in [4.78, 5) is 36.6. The molecule has 4 rings (SSSR count). The quantitative estimate of drug-likeness (QED) is 0.211. The van der Waals surface area contributed by atoms with E-state index in [-0.39, 0.29) is 23.7 Å². The van der Waals surface area contributed by atoms with Gasteiger partial charge in [-0.15, -0.1) is 4.98 Å². The molecule has 0 saturated heterocycles. The van der Waals surface area contributed by atoms with Crippen LogP contribution in [0.25, 0.3) is 0 Å². The van der Waals surface area contributed by atoms with E-state index < -0.39 is 11.6 Å². The molecular formula is C28H26N4O6. The van der Waals surface area contributed by atoms with Crippen LogP contribution in [0.3, 0.4) is 0 Å². The van der Waals surface area contributed by atoms with Crippen LogP contribution in [-0.2, 0) is 4.74 Å². The molecule has 4 aromatic rings. The number of anilines is 2. The molecule has 0 aliphatic heterocycles. The molecule has 0 amide bonds. The third kappa shape index (κ3) is 7.03. The van der Waals surface area contributed by atoms with E-state index in [4.69, 9.17) is 18.9 Å². The van der Waals surface area contributed by atoms with Gasteiger partial charge in [0.05, 0.1) is 12.7 Å². The fourth-order valence-corrected chi connectivity index (χ4v) is 3.21. The van der Waals surface area contributed by atoms with E-state index in [0.717, 1.165) is 0 Å². The lowest BCUT2D eigenvalue weighted by Gasteiger charge is -2.19. The van der Waals surface area contributed by atoms with Crippen molar-refractivity contribution in [2.75, 3.05) is 12.4 Å². The fourth-order valence-electron chi connectivity index (χ4n) is 3.21. The van der Waals surface area contributed by atoms with Gasteiger partial charge in [0.1, 0.15) is 17.6 Å². The lowest BCUT2D eigenvalue weighted by Crippen LogP contribution is -2.23. The molecule has 1 N–H and O–H groups in total. The molecule has 3 aromatic carbocycles. The summed E-state index contributed by atoms with van der Waals surface area (Å²) in [5.41, 5.74) is 0.681. The highest BCUT2D eigenvalue weighted by molar-refractivity contribution is 5.91. The zero-order valence-corrected chi connectivity index (χ0v) is 21.3. The molecule has 1 aromatic heterocycles. The van der Waals surface area contributed by atoms with E-state index in [1.807, 2.05) is 18.2 Å². The topological polar surface area (TPSA) is 122 Å². The molecule has 0 bridgehead atoms. The lowest BCUT2D eigenvalue weighted by atomic mass is 10.1. The minimum absolute atomic E-state index is 0.0320. The monoisotopic (exact) mass is 514 g/mol. The highest BCUT2D eigenvalue weighted by atomic mass is 16.6. The standard InChI is InChI=1S/C28H26N4O6/c1-28(2,3)38-24(34)19-9-8-10-20(16-19)29-25-30-26(36-21-11-6-5-7-12-21)32-27(31-25)37-22-14-13-18(17-33)15-23(22)35-4/h5-17H,1-4H3,(H,29,30,31,32). The van der Waals surface area contributed by atoms with Crippen molar-refractivity contribution >= 4 is 23.9 Å². The van der Waals surface area contributed by atoms with E-state index in [0.29, 0.717) is 34.6 Å². The SMILES string of the molecule is COc1cc(C=O)ccc1Oc1nc(Nc2cccc(C(=O)OC(C)(C)C)c2)nc(Oc2ccccc2)n1. The molecule has 0 fully saturated rings. The van der Waals surface area contributed by atoms with E-state index in [1.54, 1.807) is 69.3 Å². The number of carbonyl (C=O) groups excluding carboxylic acids is 2. The van der Waals surface area contributed by atoms with Crippen LogP contribution in [0.2, 0.25) is 0 Å². The molecular weight excluding hydrogens is 488 g/mol. The highest BCUT2D eigenvalue weighted by Gasteiger charge is 2.19. The molecule has 10 nitrogen and oxygen atoms in total. The predicted octanol–water partition coefficient (Wildman–Crippen LogP) is 5.98. The van der Waals surface area contributed by atoms with Crippen LogP contribution in [0.1, 0.15) is 41.5 Å². The molecule has 0 aliphatic carbocycles. The fraction of sp³-hybridized carbons (Fsp3) is 0.179. The van der Waals surface area contributed by atoms with Gasteiger partial charge in [-0.1, -0.05) is 24.3 Å². The maximum atomic E-state index is 12.5. The van der Waals surface area contributed by atoms with Crippen molar-refractivity contribution < 1.29 is 28.5 Å². The number of aldehydes is 1. The first-order valence-electron chi connectivity index (χ1n) is 11.6. The largest absolute Gasteiger partial charge is 0.493 e. The number of nitrogens with zero attached hydrogens (tertiary/aromatic N) is 3. The second-order valence-corrected chi connectivity index (χ2v) is 8.98. The van der Waals surface area contributed by atoms with Crippen molar-refractivity contribution in [1.82, 2.24) is 15.0 Å². The summed E-state index contributed by atoms with van der Waals surface area (Å²) in [7, 11) is 1.46. The summed E-state index contributed by atoms with van der Waals surface area (Å²) in [6, 6.07) is 20.3. The first kappa shape index (κ1) is 26.1. The Labute approximate surface area is 219 Å². The van der Waals surface area contributed by atoms with Crippen LogP contribution in [0.5, 0.6) is 29.3 Å². The first-order valence-corrected chi connectivity index (χ1v) is 11.6. The summed E-state index contributed by atoms with van der Waals surface area (Å²) in [5, 5.41) is 3.05. The lowest BCUT2D eigenvalue weighted by molar-refractivity contribution is 0.00694. The zero-order valence-electron chi connectivity index (χ0n) is 21.3. The van der Waals surface area contributed by atoms with Gasteiger partial charge in [0.25, 0.3) is 0 Å². The number of nitrogens with one attached hydrogen (secondary N) is 1. The van der Waals surface area contributed by atoms with E-state index in [2.05, 4.69) is 20.3 Å². The third-order valence-electron chi connectivity index (χ3n) is 4.83. The minimum Gasteiger partial charge on any atom is -0.493 e.